The van der Waals surface area contributed by atoms with Crippen molar-refractivity contribution in [1.82, 2.24) is 30.1 Å². The van der Waals surface area contributed by atoms with Gasteiger partial charge in [-0.2, -0.15) is 0 Å². The van der Waals surface area contributed by atoms with Crippen LogP contribution in [-0.2, 0) is 24.2 Å². The molecule has 0 amide bonds. The Morgan fingerprint density at radius 1 is 1.12 bits per heavy atom. The number of nitrogens with one attached hydrogen (secondary N) is 1. The third-order valence-electron chi connectivity index (χ3n) is 7.12. The van der Waals surface area contributed by atoms with E-state index < -0.39 is 0 Å². The van der Waals surface area contributed by atoms with Gasteiger partial charge in [-0.15, -0.1) is 5.10 Å². The maximum Gasteiger partial charge on any atom is 0.252 e. The molecule has 1 N–H and O–H groups in total. The molecule has 8 heteroatoms. The van der Waals surface area contributed by atoms with Crippen LogP contribution in [0.5, 0.6) is 0 Å². The zero-order chi connectivity index (χ0) is 22.6. The Bertz CT molecular complexity index is 1130. The van der Waals surface area contributed by atoms with Gasteiger partial charge in [0.05, 0.1) is 18.7 Å². The number of H-pyrrole nitrogens is 1. The first-order valence-electron chi connectivity index (χ1n) is 12.4. The fourth-order valence-electron chi connectivity index (χ4n) is 5.27. The van der Waals surface area contributed by atoms with Crippen LogP contribution < -0.4 is 5.56 Å². The van der Waals surface area contributed by atoms with Crippen LogP contribution in [0.3, 0.4) is 0 Å². The van der Waals surface area contributed by atoms with Crippen LogP contribution in [0, 0.1) is 0 Å². The lowest BCUT2D eigenvalue weighted by Crippen LogP contribution is -2.34. The summed E-state index contributed by atoms with van der Waals surface area (Å²) in [6.07, 6.45) is 9.33. The zero-order valence-corrected chi connectivity index (χ0v) is 19.5. The van der Waals surface area contributed by atoms with Crippen molar-refractivity contribution in [2.45, 2.75) is 83.5 Å². The van der Waals surface area contributed by atoms with E-state index in [4.69, 9.17) is 4.74 Å². The molecule has 3 aromatic rings. The molecular weight excluding hydrogens is 416 g/mol. The number of tetrazole rings is 1. The number of benzene rings is 1. The van der Waals surface area contributed by atoms with Crippen molar-refractivity contribution in [2.75, 3.05) is 13.2 Å². The smallest absolute Gasteiger partial charge is 0.252 e. The van der Waals surface area contributed by atoms with E-state index in [2.05, 4.69) is 44.5 Å². The topological polar surface area (TPSA) is 88.9 Å². The Balaban J connectivity index is 1.41. The second-order valence-electron chi connectivity index (χ2n) is 9.54. The van der Waals surface area contributed by atoms with Crippen molar-refractivity contribution in [3.05, 3.63) is 51.6 Å². The molecule has 1 aliphatic heterocycles. The second-order valence-corrected chi connectivity index (χ2v) is 9.54. The molecule has 1 aromatic carbocycles. The molecule has 0 unspecified atom stereocenters. The standard InChI is InChI=1S/C25H34N6O2/c1-2-18-10-11-23-19(13-18)14-20(25(32)26-23)15-30(16-22-9-6-12-33-22)17-24-27-28-29-31(24)21-7-4-3-5-8-21/h10-11,13-14,21-22H,2-9,12,15-17H2,1H3,(H,26,32)/t22-/m0/s1. The molecule has 2 fully saturated rings. The molecule has 0 radical (unpaired) electrons. The minimum absolute atomic E-state index is 0.0315. The number of aryl methyl sites for hydroxylation is 1. The summed E-state index contributed by atoms with van der Waals surface area (Å²) in [6, 6.07) is 8.67. The third kappa shape index (κ3) is 5.17. The number of nitrogens with zero attached hydrogens (tertiary/aromatic N) is 5. The van der Waals surface area contributed by atoms with E-state index in [9.17, 15) is 4.79 Å². The van der Waals surface area contributed by atoms with Crippen LogP contribution in [-0.4, -0.2) is 49.3 Å². The van der Waals surface area contributed by atoms with Gasteiger partial charge in [0.2, 0.25) is 0 Å². The highest BCUT2D eigenvalue weighted by Gasteiger charge is 2.25. The predicted molar refractivity (Wildman–Crippen MR) is 127 cm³/mol. The number of hydrogen-bond acceptors (Lipinski definition) is 6. The van der Waals surface area contributed by atoms with Gasteiger partial charge in [0.25, 0.3) is 5.56 Å². The molecule has 3 heterocycles. The van der Waals surface area contributed by atoms with Gasteiger partial charge >= 0.3 is 0 Å². The quantitative estimate of drug-likeness (QED) is 0.562. The van der Waals surface area contributed by atoms with Crippen LogP contribution in [0.2, 0.25) is 0 Å². The summed E-state index contributed by atoms with van der Waals surface area (Å²) in [5.41, 5.74) is 2.89. The molecule has 2 aromatic heterocycles. The van der Waals surface area contributed by atoms with Crippen molar-refractivity contribution in [1.29, 1.82) is 0 Å². The van der Waals surface area contributed by atoms with E-state index in [0.717, 1.165) is 67.5 Å². The fourth-order valence-corrected chi connectivity index (χ4v) is 5.27. The summed E-state index contributed by atoms with van der Waals surface area (Å²) < 4.78 is 7.96. The number of aromatic nitrogens is 5. The van der Waals surface area contributed by atoms with Gasteiger partial charge in [0, 0.05) is 30.8 Å². The summed E-state index contributed by atoms with van der Waals surface area (Å²) in [6.45, 7) is 4.88. The summed E-state index contributed by atoms with van der Waals surface area (Å²) in [5.74, 6) is 0.880. The number of rotatable bonds is 8. The van der Waals surface area contributed by atoms with E-state index in [1.54, 1.807) is 0 Å². The Hall–Kier alpha value is -2.58. The van der Waals surface area contributed by atoms with Crippen molar-refractivity contribution >= 4 is 10.9 Å². The average Bonchev–Trinajstić information content (AvgIpc) is 3.52. The number of hydrogen-bond donors (Lipinski definition) is 1. The molecule has 8 nitrogen and oxygen atoms in total. The van der Waals surface area contributed by atoms with Gasteiger partial charge in [0.15, 0.2) is 5.82 Å². The van der Waals surface area contributed by atoms with E-state index in [1.165, 1.54) is 24.8 Å². The summed E-state index contributed by atoms with van der Waals surface area (Å²) in [7, 11) is 0. The van der Waals surface area contributed by atoms with Crippen molar-refractivity contribution in [3.8, 4) is 0 Å². The SMILES string of the molecule is CCc1ccc2[nH]c(=O)c(CN(Cc3nnnn3C3CCCCC3)C[C@@H]3CCCO3)cc2c1. The van der Waals surface area contributed by atoms with Crippen LogP contribution in [0.4, 0.5) is 0 Å². The Morgan fingerprint density at radius 3 is 2.79 bits per heavy atom. The van der Waals surface area contributed by atoms with Gasteiger partial charge in [0.1, 0.15) is 0 Å². The lowest BCUT2D eigenvalue weighted by Gasteiger charge is -2.27. The Kier molecular flexibility index (Phi) is 6.83. The first-order valence-corrected chi connectivity index (χ1v) is 12.4. The largest absolute Gasteiger partial charge is 0.377 e. The molecule has 5 rings (SSSR count). The number of aromatic amines is 1. The monoisotopic (exact) mass is 450 g/mol. The first-order chi connectivity index (χ1) is 16.2. The number of ether oxygens (including phenoxy) is 1. The van der Waals surface area contributed by atoms with Gasteiger partial charge < -0.3 is 9.72 Å². The average molecular weight is 451 g/mol. The minimum Gasteiger partial charge on any atom is -0.377 e. The van der Waals surface area contributed by atoms with Crippen molar-refractivity contribution < 1.29 is 4.74 Å². The van der Waals surface area contributed by atoms with Gasteiger partial charge in [-0.3, -0.25) is 9.69 Å². The van der Waals surface area contributed by atoms with E-state index in [-0.39, 0.29) is 11.7 Å². The summed E-state index contributed by atoms with van der Waals surface area (Å²) in [4.78, 5) is 18.3. The van der Waals surface area contributed by atoms with Crippen LogP contribution >= 0.6 is 0 Å². The minimum atomic E-state index is -0.0315. The predicted octanol–water partition coefficient (Wildman–Crippen LogP) is 3.76. The molecule has 1 aliphatic carbocycles. The van der Waals surface area contributed by atoms with E-state index >= 15 is 0 Å². The lowest BCUT2D eigenvalue weighted by molar-refractivity contribution is 0.0659. The molecule has 1 saturated heterocycles. The molecule has 0 bridgehead atoms. The molecule has 1 atom stereocenters. The van der Waals surface area contributed by atoms with Crippen LogP contribution in [0.15, 0.2) is 29.1 Å². The lowest BCUT2D eigenvalue weighted by atomic mass is 9.95. The maximum atomic E-state index is 12.9. The van der Waals surface area contributed by atoms with Gasteiger partial charge in [-0.05, 0) is 71.7 Å². The molecule has 0 spiro atoms. The first kappa shape index (κ1) is 22.2. The van der Waals surface area contributed by atoms with Crippen molar-refractivity contribution in [3.63, 3.8) is 0 Å². The normalized spacial score (nSPS) is 19.6. The second kappa shape index (κ2) is 10.1. The highest BCUT2D eigenvalue weighted by atomic mass is 16.5. The number of pyridine rings is 1. The summed E-state index contributed by atoms with van der Waals surface area (Å²) in [5, 5.41) is 13.8. The maximum absolute atomic E-state index is 12.9. The number of fused-ring (bicyclic) bond motifs is 1. The zero-order valence-electron chi connectivity index (χ0n) is 19.5. The van der Waals surface area contributed by atoms with Gasteiger partial charge in [-0.25, -0.2) is 4.68 Å². The van der Waals surface area contributed by atoms with E-state index in [1.807, 2.05) is 16.8 Å². The van der Waals surface area contributed by atoms with E-state index in [0.29, 0.717) is 19.1 Å². The molecule has 2 aliphatic rings. The summed E-state index contributed by atoms with van der Waals surface area (Å²) >= 11 is 0. The fraction of sp³-hybridized carbons (Fsp3) is 0.600. The third-order valence-corrected chi connectivity index (χ3v) is 7.12. The van der Waals surface area contributed by atoms with Gasteiger partial charge in [-0.1, -0.05) is 32.3 Å². The molecular formula is C25H34N6O2. The van der Waals surface area contributed by atoms with Crippen LogP contribution in [0.1, 0.15) is 74.9 Å². The highest BCUT2D eigenvalue weighted by Crippen LogP contribution is 2.28. The van der Waals surface area contributed by atoms with Crippen molar-refractivity contribution in [2.24, 2.45) is 0 Å². The Morgan fingerprint density at radius 2 is 2.00 bits per heavy atom. The highest BCUT2D eigenvalue weighted by molar-refractivity contribution is 5.79. The molecule has 1 saturated carbocycles. The Labute approximate surface area is 194 Å². The van der Waals surface area contributed by atoms with Crippen LogP contribution in [0.25, 0.3) is 10.9 Å². The molecule has 176 valence electrons. The molecule has 33 heavy (non-hydrogen) atoms.